The van der Waals surface area contributed by atoms with Gasteiger partial charge < -0.3 is 10.2 Å². The summed E-state index contributed by atoms with van der Waals surface area (Å²) in [5.41, 5.74) is 2.89. The van der Waals surface area contributed by atoms with Crippen LogP contribution in [0.3, 0.4) is 0 Å². The molecule has 1 saturated heterocycles. The van der Waals surface area contributed by atoms with Gasteiger partial charge in [-0.1, -0.05) is 60.8 Å². The molecule has 0 bridgehead atoms. The van der Waals surface area contributed by atoms with Crippen molar-refractivity contribution in [2.45, 2.75) is 60.4 Å². The van der Waals surface area contributed by atoms with E-state index in [4.69, 9.17) is 21.8 Å². The maximum atomic E-state index is 9.55. The number of rotatable bonds is 4. The summed E-state index contributed by atoms with van der Waals surface area (Å²) >= 11 is 8.34. The molecule has 5 rings (SSSR count). The fourth-order valence-corrected chi connectivity index (χ4v) is 6.71. The fraction of sp³-hybridized carbons (Fsp3) is 0.429. The molecule has 6 nitrogen and oxygen atoms in total. The topological polar surface area (TPSA) is 81.1 Å². The average molecular weight is 529 g/mol. The van der Waals surface area contributed by atoms with Gasteiger partial charge in [-0.15, -0.1) is 0 Å². The van der Waals surface area contributed by atoms with Crippen LogP contribution in [0.15, 0.2) is 64.4 Å². The number of carboxylic acid groups (broad SMARTS) is 2. The van der Waals surface area contributed by atoms with Gasteiger partial charge >= 0.3 is 11.9 Å². The third-order valence-electron chi connectivity index (χ3n) is 7.19. The maximum Gasteiger partial charge on any atom is 0.328 e. The van der Waals surface area contributed by atoms with Crippen LogP contribution in [0.5, 0.6) is 0 Å². The number of halogens is 1. The minimum atomic E-state index is -1.26. The van der Waals surface area contributed by atoms with E-state index >= 15 is 0 Å². The summed E-state index contributed by atoms with van der Waals surface area (Å²) in [4.78, 5) is 27.4. The molecule has 1 atom stereocenters. The van der Waals surface area contributed by atoms with Crippen LogP contribution in [0.4, 0.5) is 0 Å². The van der Waals surface area contributed by atoms with Gasteiger partial charge in [0.1, 0.15) is 0 Å². The van der Waals surface area contributed by atoms with Crippen LogP contribution in [-0.4, -0.2) is 64.2 Å². The lowest BCUT2D eigenvalue weighted by atomic mass is 9.93. The summed E-state index contributed by atoms with van der Waals surface area (Å²) in [5.74, 6) is -2.51. The average Bonchev–Trinajstić information content (AvgIpc) is 3.05. The van der Waals surface area contributed by atoms with Crippen molar-refractivity contribution in [3.05, 3.63) is 70.8 Å². The Morgan fingerprint density at radius 2 is 1.50 bits per heavy atom. The molecule has 1 saturated carbocycles. The molecule has 0 radical (unpaired) electrons. The van der Waals surface area contributed by atoms with E-state index in [0.717, 1.165) is 17.5 Å². The molecule has 3 aliphatic rings. The number of piperazine rings is 1. The highest BCUT2D eigenvalue weighted by atomic mass is 35.5. The van der Waals surface area contributed by atoms with Crippen LogP contribution in [0.25, 0.3) is 0 Å². The SMILES string of the molecule is Clc1ccc2c(c1)C(N1CCN(C3CCCCC3)CC1)Cc1ccccc1S2.O=C(O)/C=C/C(=O)O. The molecule has 0 aromatic heterocycles. The third kappa shape index (κ3) is 7.13. The number of carbonyl (C=O) groups is 2. The highest BCUT2D eigenvalue weighted by molar-refractivity contribution is 7.99. The molecule has 36 heavy (non-hydrogen) atoms. The first-order chi connectivity index (χ1) is 17.4. The van der Waals surface area contributed by atoms with Crippen molar-refractivity contribution >= 4 is 35.3 Å². The van der Waals surface area contributed by atoms with E-state index in [1.54, 1.807) is 0 Å². The predicted octanol–water partition coefficient (Wildman–Crippen LogP) is 5.75. The van der Waals surface area contributed by atoms with Gasteiger partial charge in [0.15, 0.2) is 0 Å². The Labute approximate surface area is 221 Å². The number of aliphatic carboxylic acids is 2. The van der Waals surface area contributed by atoms with Crippen LogP contribution in [0.2, 0.25) is 5.02 Å². The van der Waals surface area contributed by atoms with E-state index in [-0.39, 0.29) is 0 Å². The number of benzene rings is 2. The zero-order chi connectivity index (χ0) is 25.5. The number of hydrogen-bond donors (Lipinski definition) is 2. The van der Waals surface area contributed by atoms with Gasteiger partial charge in [0.2, 0.25) is 0 Å². The van der Waals surface area contributed by atoms with E-state index in [1.165, 1.54) is 79.2 Å². The quantitative estimate of drug-likeness (QED) is 0.489. The second kappa shape index (κ2) is 12.8. The van der Waals surface area contributed by atoms with Crippen LogP contribution in [0, 0.1) is 0 Å². The fourth-order valence-electron chi connectivity index (χ4n) is 5.41. The first-order valence-electron chi connectivity index (χ1n) is 12.6. The van der Waals surface area contributed by atoms with Crippen molar-refractivity contribution in [1.29, 1.82) is 0 Å². The summed E-state index contributed by atoms with van der Waals surface area (Å²) in [6, 6.07) is 16.7. The Kier molecular flexibility index (Phi) is 9.48. The summed E-state index contributed by atoms with van der Waals surface area (Å²) in [5, 5.41) is 16.5. The Morgan fingerprint density at radius 1 is 0.861 bits per heavy atom. The zero-order valence-corrected chi connectivity index (χ0v) is 21.9. The van der Waals surface area contributed by atoms with E-state index in [9.17, 15) is 9.59 Å². The summed E-state index contributed by atoms with van der Waals surface area (Å²) in [6.07, 6.45) is 9.30. The van der Waals surface area contributed by atoms with Gasteiger partial charge in [-0.3, -0.25) is 9.80 Å². The van der Waals surface area contributed by atoms with Gasteiger partial charge in [-0.2, -0.15) is 0 Å². The number of fused-ring (bicyclic) bond motifs is 2. The molecule has 2 heterocycles. The van der Waals surface area contributed by atoms with Gasteiger partial charge in [-0.05, 0) is 54.7 Å². The van der Waals surface area contributed by atoms with Crippen molar-refractivity contribution in [3.63, 3.8) is 0 Å². The molecule has 1 aliphatic carbocycles. The lowest BCUT2D eigenvalue weighted by molar-refractivity contribution is -0.134. The van der Waals surface area contributed by atoms with Gasteiger partial charge in [0.25, 0.3) is 0 Å². The smallest absolute Gasteiger partial charge is 0.328 e. The molecular formula is C28H33ClN2O4S. The van der Waals surface area contributed by atoms with Crippen LogP contribution in [-0.2, 0) is 16.0 Å². The van der Waals surface area contributed by atoms with Gasteiger partial charge in [0.05, 0.1) is 0 Å². The Hall–Kier alpha value is -2.32. The maximum absolute atomic E-state index is 9.55. The van der Waals surface area contributed by atoms with Crippen LogP contribution >= 0.6 is 23.4 Å². The lowest BCUT2D eigenvalue weighted by Crippen LogP contribution is -2.51. The molecule has 8 heteroatoms. The number of carboxylic acids is 2. The van der Waals surface area contributed by atoms with Gasteiger partial charge in [-0.25, -0.2) is 9.59 Å². The molecule has 2 N–H and O–H groups in total. The molecule has 2 fully saturated rings. The Balaban J connectivity index is 0.000000331. The first kappa shape index (κ1) is 26.7. The molecule has 0 amide bonds. The normalized spacial score (nSPS) is 21.1. The molecular weight excluding hydrogens is 496 g/mol. The standard InChI is InChI=1S/C24H29ClN2S.C4H4O4/c25-19-10-11-24-21(17-19)22(16-18-6-4-5-9-23(18)28-24)27-14-12-26(13-15-27)20-7-2-1-3-8-20;5-3(6)1-2-4(7)8/h4-6,9-11,17,20,22H,1-3,7-8,12-16H2;1-2H,(H,5,6)(H,7,8)/b;2-1+. The summed E-state index contributed by atoms with van der Waals surface area (Å²) in [6.45, 7) is 4.76. The highest BCUT2D eigenvalue weighted by Crippen LogP contribution is 2.44. The van der Waals surface area contributed by atoms with Gasteiger partial charge in [0, 0.05) is 65.2 Å². The minimum Gasteiger partial charge on any atom is -0.478 e. The van der Waals surface area contributed by atoms with Crippen molar-refractivity contribution < 1.29 is 19.8 Å². The Morgan fingerprint density at radius 3 is 2.17 bits per heavy atom. The third-order valence-corrected chi connectivity index (χ3v) is 8.63. The lowest BCUT2D eigenvalue weighted by Gasteiger charge is -2.43. The molecule has 2 aromatic rings. The summed E-state index contributed by atoms with van der Waals surface area (Å²) < 4.78 is 0. The second-order valence-electron chi connectivity index (χ2n) is 9.49. The molecule has 1 unspecified atom stereocenters. The van der Waals surface area contributed by atoms with E-state index in [0.29, 0.717) is 18.2 Å². The van der Waals surface area contributed by atoms with Crippen LogP contribution < -0.4 is 0 Å². The van der Waals surface area contributed by atoms with E-state index in [1.807, 2.05) is 17.8 Å². The van der Waals surface area contributed by atoms with Crippen molar-refractivity contribution in [2.24, 2.45) is 0 Å². The minimum absolute atomic E-state index is 0.429. The van der Waals surface area contributed by atoms with E-state index < -0.39 is 11.9 Å². The van der Waals surface area contributed by atoms with Crippen LogP contribution in [0.1, 0.15) is 49.3 Å². The van der Waals surface area contributed by atoms with Crippen molar-refractivity contribution in [3.8, 4) is 0 Å². The number of hydrogen-bond acceptors (Lipinski definition) is 5. The van der Waals surface area contributed by atoms with Crippen molar-refractivity contribution in [2.75, 3.05) is 26.2 Å². The number of nitrogens with zero attached hydrogens (tertiary/aromatic N) is 2. The zero-order valence-electron chi connectivity index (χ0n) is 20.3. The van der Waals surface area contributed by atoms with E-state index in [2.05, 4.69) is 46.2 Å². The molecule has 2 aromatic carbocycles. The predicted molar refractivity (Wildman–Crippen MR) is 143 cm³/mol. The first-order valence-corrected chi connectivity index (χ1v) is 13.8. The second-order valence-corrected chi connectivity index (χ2v) is 11.0. The largest absolute Gasteiger partial charge is 0.478 e. The highest BCUT2D eigenvalue weighted by Gasteiger charge is 2.32. The molecule has 192 valence electrons. The summed E-state index contributed by atoms with van der Waals surface area (Å²) in [7, 11) is 0. The monoisotopic (exact) mass is 528 g/mol. The molecule has 2 aliphatic heterocycles. The molecule has 0 spiro atoms. The van der Waals surface area contributed by atoms with Crippen molar-refractivity contribution in [1.82, 2.24) is 9.80 Å². The Bertz CT molecular complexity index is 1080.